The van der Waals surface area contributed by atoms with Crippen molar-refractivity contribution >= 4 is 17.8 Å². The summed E-state index contributed by atoms with van der Waals surface area (Å²) in [7, 11) is 0. The monoisotopic (exact) mass is 398 g/mol. The number of carbonyl (C=O) groups is 3. The highest BCUT2D eigenvalue weighted by atomic mass is 19.4. The summed E-state index contributed by atoms with van der Waals surface area (Å²) >= 11 is 0. The molecule has 1 N–H and O–H groups in total. The quantitative estimate of drug-likeness (QED) is 0.848. The molecule has 2 amide bonds. The number of likely N-dealkylation sites (tertiary alicyclic amines) is 2. The minimum atomic E-state index is -4.93. The molecule has 2 aliphatic rings. The van der Waals surface area contributed by atoms with Crippen molar-refractivity contribution in [1.29, 1.82) is 0 Å². The molecule has 0 aliphatic carbocycles. The second-order valence-corrected chi connectivity index (χ2v) is 7.35. The minimum absolute atomic E-state index is 0.120. The molecular weight excluding hydrogens is 377 g/mol. The molecule has 0 aromatic heterocycles. The average molecular weight is 398 g/mol. The number of carboxylic acid groups (broad SMARTS) is 1. The molecule has 1 aromatic rings. The molecule has 0 bridgehead atoms. The molecule has 2 atom stereocenters. The van der Waals surface area contributed by atoms with Crippen LogP contribution in [0.15, 0.2) is 30.3 Å². The fraction of sp³-hybridized carbons (Fsp3) is 0.526. The molecule has 0 spiro atoms. The van der Waals surface area contributed by atoms with Gasteiger partial charge in [0, 0.05) is 31.7 Å². The van der Waals surface area contributed by atoms with Gasteiger partial charge in [-0.05, 0) is 31.4 Å². The molecule has 0 saturated carbocycles. The Labute approximate surface area is 159 Å². The van der Waals surface area contributed by atoms with E-state index in [2.05, 4.69) is 0 Å². The maximum Gasteiger partial charge on any atom is 0.406 e. The van der Waals surface area contributed by atoms with Crippen molar-refractivity contribution in [2.45, 2.75) is 25.4 Å². The Kier molecular flexibility index (Phi) is 5.36. The Balaban J connectivity index is 1.70. The van der Waals surface area contributed by atoms with Gasteiger partial charge in [0.15, 0.2) is 5.41 Å². The normalized spacial score (nSPS) is 25.6. The van der Waals surface area contributed by atoms with E-state index in [1.54, 1.807) is 30.3 Å². The highest BCUT2D eigenvalue weighted by Crippen LogP contribution is 2.46. The van der Waals surface area contributed by atoms with Crippen LogP contribution in [0.4, 0.5) is 13.2 Å². The molecule has 2 heterocycles. The summed E-state index contributed by atoms with van der Waals surface area (Å²) in [5, 5.41) is 9.14. The smallest absolute Gasteiger partial charge is 0.406 e. The second-order valence-electron chi connectivity index (χ2n) is 7.35. The third-order valence-corrected chi connectivity index (χ3v) is 5.61. The summed E-state index contributed by atoms with van der Waals surface area (Å²) in [6.07, 6.45) is -4.57. The molecule has 2 saturated heterocycles. The summed E-state index contributed by atoms with van der Waals surface area (Å²) in [6, 6.07) is 8.57. The van der Waals surface area contributed by atoms with Crippen LogP contribution in [0.25, 0.3) is 0 Å². The van der Waals surface area contributed by atoms with Crippen molar-refractivity contribution in [3.63, 3.8) is 0 Å². The lowest BCUT2D eigenvalue weighted by atomic mass is 9.86. The van der Waals surface area contributed by atoms with Crippen molar-refractivity contribution in [3.8, 4) is 0 Å². The van der Waals surface area contributed by atoms with Gasteiger partial charge < -0.3 is 14.9 Å². The summed E-state index contributed by atoms with van der Waals surface area (Å²) in [5.41, 5.74) is -2.43. The van der Waals surface area contributed by atoms with Gasteiger partial charge in [-0.25, -0.2) is 0 Å². The topological polar surface area (TPSA) is 77.9 Å². The number of rotatable bonds is 3. The van der Waals surface area contributed by atoms with Crippen LogP contribution in [-0.2, 0) is 9.59 Å². The molecule has 28 heavy (non-hydrogen) atoms. The highest BCUT2D eigenvalue weighted by molar-refractivity contribution is 5.94. The van der Waals surface area contributed by atoms with Gasteiger partial charge in [-0.15, -0.1) is 0 Å². The van der Waals surface area contributed by atoms with Gasteiger partial charge in [0.2, 0.25) is 5.91 Å². The molecule has 2 fully saturated rings. The van der Waals surface area contributed by atoms with Crippen molar-refractivity contribution in [2.24, 2.45) is 11.3 Å². The van der Waals surface area contributed by atoms with Gasteiger partial charge >= 0.3 is 12.1 Å². The summed E-state index contributed by atoms with van der Waals surface area (Å²) in [4.78, 5) is 39.2. The Morgan fingerprint density at radius 3 is 2.32 bits per heavy atom. The molecule has 6 nitrogen and oxygen atoms in total. The van der Waals surface area contributed by atoms with E-state index in [0.29, 0.717) is 24.9 Å². The lowest BCUT2D eigenvalue weighted by molar-refractivity contribution is -0.227. The first kappa shape index (κ1) is 20.2. The number of amides is 2. The van der Waals surface area contributed by atoms with Crippen molar-refractivity contribution in [1.82, 2.24) is 9.80 Å². The Bertz CT molecular complexity index is 768. The zero-order chi connectivity index (χ0) is 20.5. The van der Waals surface area contributed by atoms with Gasteiger partial charge in [0.05, 0.1) is 5.92 Å². The van der Waals surface area contributed by atoms with Crippen LogP contribution >= 0.6 is 0 Å². The first-order chi connectivity index (χ1) is 13.2. The van der Waals surface area contributed by atoms with Crippen LogP contribution < -0.4 is 0 Å². The van der Waals surface area contributed by atoms with Gasteiger partial charge in [0.25, 0.3) is 5.91 Å². The number of benzene rings is 1. The van der Waals surface area contributed by atoms with E-state index in [4.69, 9.17) is 5.11 Å². The number of hydrogen-bond donors (Lipinski definition) is 1. The molecule has 0 radical (unpaired) electrons. The standard InChI is InChI=1S/C19H21F3N2O4/c20-19(21,22)18(17(27)28)8-10-24(12-18)16(26)14-7-4-9-23(11-14)15(25)13-5-2-1-3-6-13/h1-3,5-6,14H,4,7-12H2,(H,27,28). The molecule has 1 aromatic carbocycles. The van der Waals surface area contributed by atoms with Crippen LogP contribution in [-0.4, -0.2) is 65.0 Å². The molecule has 3 rings (SSSR count). The predicted octanol–water partition coefficient (Wildman–Crippen LogP) is 2.40. The van der Waals surface area contributed by atoms with E-state index < -0.39 is 42.4 Å². The third-order valence-electron chi connectivity index (χ3n) is 5.61. The van der Waals surface area contributed by atoms with Gasteiger partial charge in [-0.2, -0.15) is 13.2 Å². The van der Waals surface area contributed by atoms with E-state index in [1.165, 1.54) is 4.90 Å². The molecule has 9 heteroatoms. The van der Waals surface area contributed by atoms with Crippen LogP contribution in [0.1, 0.15) is 29.6 Å². The van der Waals surface area contributed by atoms with Crippen LogP contribution in [0.2, 0.25) is 0 Å². The zero-order valence-electron chi connectivity index (χ0n) is 15.1. The van der Waals surface area contributed by atoms with Crippen molar-refractivity contribution in [2.75, 3.05) is 26.2 Å². The van der Waals surface area contributed by atoms with E-state index in [1.807, 2.05) is 0 Å². The average Bonchev–Trinajstić information content (AvgIpc) is 3.15. The first-order valence-electron chi connectivity index (χ1n) is 9.09. The molecule has 2 aliphatic heterocycles. The van der Waals surface area contributed by atoms with Gasteiger partial charge in [0.1, 0.15) is 0 Å². The number of halogens is 3. The lowest BCUT2D eigenvalue weighted by Crippen LogP contribution is -2.50. The molecule has 152 valence electrons. The van der Waals surface area contributed by atoms with Crippen LogP contribution in [0.5, 0.6) is 0 Å². The number of aliphatic carboxylic acids is 1. The van der Waals surface area contributed by atoms with Gasteiger partial charge in [-0.1, -0.05) is 18.2 Å². The van der Waals surface area contributed by atoms with Crippen LogP contribution in [0.3, 0.4) is 0 Å². The van der Waals surface area contributed by atoms with E-state index in [0.717, 1.165) is 4.90 Å². The fourth-order valence-corrected chi connectivity index (χ4v) is 3.91. The number of nitrogens with zero attached hydrogens (tertiary/aromatic N) is 2. The predicted molar refractivity (Wildman–Crippen MR) is 92.4 cm³/mol. The second kappa shape index (κ2) is 7.44. The van der Waals surface area contributed by atoms with Crippen molar-refractivity contribution < 1.29 is 32.7 Å². The number of carboxylic acids is 1. The summed E-state index contributed by atoms with van der Waals surface area (Å²) in [6.45, 7) is -0.546. The third kappa shape index (κ3) is 3.57. The Morgan fingerprint density at radius 1 is 1.07 bits per heavy atom. The maximum absolute atomic E-state index is 13.3. The number of piperidine rings is 1. The Hall–Kier alpha value is -2.58. The number of hydrogen-bond acceptors (Lipinski definition) is 3. The zero-order valence-corrected chi connectivity index (χ0v) is 15.1. The highest BCUT2D eigenvalue weighted by Gasteiger charge is 2.64. The number of carbonyl (C=O) groups excluding carboxylic acids is 2. The van der Waals surface area contributed by atoms with Gasteiger partial charge in [-0.3, -0.25) is 14.4 Å². The lowest BCUT2D eigenvalue weighted by Gasteiger charge is -2.34. The van der Waals surface area contributed by atoms with E-state index in [9.17, 15) is 27.6 Å². The van der Waals surface area contributed by atoms with E-state index in [-0.39, 0.29) is 19.0 Å². The molecule has 2 unspecified atom stereocenters. The van der Waals surface area contributed by atoms with E-state index >= 15 is 0 Å². The van der Waals surface area contributed by atoms with Crippen molar-refractivity contribution in [3.05, 3.63) is 35.9 Å². The number of alkyl halides is 3. The SMILES string of the molecule is O=C(c1ccccc1)N1CCCC(C(=O)N2CCC(C(=O)O)(C(F)(F)F)C2)C1. The largest absolute Gasteiger partial charge is 0.481 e. The Morgan fingerprint density at radius 2 is 1.75 bits per heavy atom. The maximum atomic E-state index is 13.3. The molecular formula is C19H21F3N2O4. The minimum Gasteiger partial charge on any atom is -0.481 e. The van der Waals surface area contributed by atoms with Crippen LogP contribution in [0, 0.1) is 11.3 Å². The first-order valence-corrected chi connectivity index (χ1v) is 9.09. The fourth-order valence-electron chi connectivity index (χ4n) is 3.91. The summed E-state index contributed by atoms with van der Waals surface area (Å²) in [5.74, 6) is -3.33. The summed E-state index contributed by atoms with van der Waals surface area (Å²) < 4.78 is 40.0.